The summed E-state index contributed by atoms with van der Waals surface area (Å²) in [7, 11) is 0. The number of hydrogen-bond acceptors (Lipinski definition) is 1. The Labute approximate surface area is 125 Å². The first-order chi connectivity index (χ1) is 9.56. The normalized spacial score (nSPS) is 13.1. The zero-order valence-electron chi connectivity index (χ0n) is 13.8. The summed E-state index contributed by atoms with van der Waals surface area (Å²) in [5.41, 5.74) is 4.18. The summed E-state index contributed by atoms with van der Waals surface area (Å²) in [5, 5.41) is 8.75. The summed E-state index contributed by atoms with van der Waals surface area (Å²) >= 11 is 0. The summed E-state index contributed by atoms with van der Waals surface area (Å²) in [6, 6.07) is 0. The second-order valence-electron chi connectivity index (χ2n) is 5.69. The maximum absolute atomic E-state index is 8.75. The van der Waals surface area contributed by atoms with Gasteiger partial charge in [0.2, 0.25) is 0 Å². The maximum atomic E-state index is 8.75. The quantitative estimate of drug-likeness (QED) is 0.399. The summed E-state index contributed by atoms with van der Waals surface area (Å²) in [4.78, 5) is 0. The average molecular weight is 276 g/mol. The fraction of sp³-hybridized carbons (Fsp3) is 0.579. The van der Waals surface area contributed by atoms with Crippen molar-refractivity contribution in [2.45, 2.75) is 66.2 Å². The van der Waals surface area contributed by atoms with Crippen LogP contribution < -0.4 is 0 Å². The molecule has 1 heteroatoms. The molecule has 0 aliphatic carbocycles. The molecule has 0 aromatic carbocycles. The molecule has 0 unspecified atom stereocenters. The lowest BCUT2D eigenvalue weighted by atomic mass is 10.1. The standard InChI is InChI=1S/C19H32O/c1-17(2)11-10-14-18(3)12-8-6-5-7-9-13-19(4)15-16-20/h5,7,11-12,15,20H,6,8-10,13-14,16H2,1-4H3/b7-5+,18-12+,19-15+. The third-order valence-corrected chi connectivity index (χ3v) is 3.23. The van der Waals surface area contributed by atoms with E-state index in [1.54, 1.807) is 0 Å². The van der Waals surface area contributed by atoms with Crippen molar-refractivity contribution in [3.63, 3.8) is 0 Å². The summed E-state index contributed by atoms with van der Waals surface area (Å²) in [6.45, 7) is 8.77. The van der Waals surface area contributed by atoms with Crippen molar-refractivity contribution >= 4 is 0 Å². The van der Waals surface area contributed by atoms with Crippen molar-refractivity contribution in [1.29, 1.82) is 0 Å². The number of unbranched alkanes of at least 4 members (excludes halogenated alkanes) is 1. The van der Waals surface area contributed by atoms with Gasteiger partial charge in [-0.25, -0.2) is 0 Å². The molecule has 0 aliphatic heterocycles. The van der Waals surface area contributed by atoms with E-state index in [-0.39, 0.29) is 6.61 Å². The minimum Gasteiger partial charge on any atom is -0.392 e. The van der Waals surface area contributed by atoms with E-state index in [4.69, 9.17) is 5.11 Å². The fourth-order valence-corrected chi connectivity index (χ4v) is 1.92. The van der Waals surface area contributed by atoms with Gasteiger partial charge in [0.15, 0.2) is 0 Å². The van der Waals surface area contributed by atoms with Gasteiger partial charge in [-0.3, -0.25) is 0 Å². The minimum atomic E-state index is 0.159. The molecule has 0 rings (SSSR count). The van der Waals surface area contributed by atoms with Crippen LogP contribution >= 0.6 is 0 Å². The zero-order chi connectivity index (χ0) is 15.2. The van der Waals surface area contributed by atoms with Crippen LogP contribution in [0, 0.1) is 0 Å². The fourth-order valence-electron chi connectivity index (χ4n) is 1.92. The van der Waals surface area contributed by atoms with E-state index >= 15 is 0 Å². The van der Waals surface area contributed by atoms with Crippen molar-refractivity contribution in [2.24, 2.45) is 0 Å². The Balaban J connectivity index is 3.68. The first-order valence-electron chi connectivity index (χ1n) is 7.76. The van der Waals surface area contributed by atoms with Crippen LogP contribution in [-0.4, -0.2) is 11.7 Å². The van der Waals surface area contributed by atoms with Crippen LogP contribution in [0.5, 0.6) is 0 Å². The minimum absolute atomic E-state index is 0.159. The molecule has 0 heterocycles. The lowest BCUT2D eigenvalue weighted by Crippen LogP contribution is -1.80. The van der Waals surface area contributed by atoms with Gasteiger partial charge < -0.3 is 5.11 Å². The average Bonchev–Trinajstić information content (AvgIpc) is 2.37. The number of rotatable bonds is 10. The molecule has 1 N–H and O–H groups in total. The van der Waals surface area contributed by atoms with Crippen molar-refractivity contribution in [2.75, 3.05) is 6.61 Å². The SMILES string of the molecule is CC(C)=CCC/C(C)=C/CC/C=C/CC/C(C)=C/CO. The predicted molar refractivity (Wildman–Crippen MR) is 90.9 cm³/mol. The molecule has 0 saturated heterocycles. The molecule has 0 aliphatic rings. The molecular formula is C19H32O. The Morgan fingerprint density at radius 1 is 0.700 bits per heavy atom. The summed E-state index contributed by atoms with van der Waals surface area (Å²) < 4.78 is 0. The second-order valence-corrected chi connectivity index (χ2v) is 5.69. The number of hydrogen-bond donors (Lipinski definition) is 1. The zero-order valence-corrected chi connectivity index (χ0v) is 13.8. The van der Waals surface area contributed by atoms with Gasteiger partial charge in [0.05, 0.1) is 6.61 Å². The third-order valence-electron chi connectivity index (χ3n) is 3.23. The Morgan fingerprint density at radius 2 is 1.30 bits per heavy atom. The molecule has 1 nitrogen and oxygen atoms in total. The second kappa shape index (κ2) is 12.9. The molecule has 0 amide bonds. The molecule has 0 radical (unpaired) electrons. The van der Waals surface area contributed by atoms with E-state index in [9.17, 15) is 0 Å². The van der Waals surface area contributed by atoms with Crippen LogP contribution in [0.25, 0.3) is 0 Å². The topological polar surface area (TPSA) is 20.2 Å². The van der Waals surface area contributed by atoms with E-state index in [0.29, 0.717) is 0 Å². The Bertz CT molecular complexity index is 352. The monoisotopic (exact) mass is 276 g/mol. The molecule has 0 spiro atoms. The van der Waals surface area contributed by atoms with Crippen molar-refractivity contribution < 1.29 is 5.11 Å². The van der Waals surface area contributed by atoms with Gasteiger partial charge in [-0.15, -0.1) is 0 Å². The Kier molecular flexibility index (Phi) is 12.2. The van der Waals surface area contributed by atoms with E-state index in [0.717, 1.165) is 32.1 Å². The Morgan fingerprint density at radius 3 is 1.95 bits per heavy atom. The van der Waals surface area contributed by atoms with Crippen molar-refractivity contribution in [1.82, 2.24) is 0 Å². The predicted octanol–water partition coefficient (Wildman–Crippen LogP) is 5.73. The van der Waals surface area contributed by atoms with Gasteiger partial charge in [0.25, 0.3) is 0 Å². The van der Waals surface area contributed by atoms with Crippen LogP contribution in [0.15, 0.2) is 47.1 Å². The molecule has 0 saturated carbocycles. The van der Waals surface area contributed by atoms with Gasteiger partial charge in [-0.05, 0) is 66.2 Å². The van der Waals surface area contributed by atoms with E-state index in [1.807, 2.05) is 6.08 Å². The van der Waals surface area contributed by atoms with Crippen molar-refractivity contribution in [3.8, 4) is 0 Å². The van der Waals surface area contributed by atoms with E-state index < -0.39 is 0 Å². The first-order valence-corrected chi connectivity index (χ1v) is 7.76. The molecule has 0 fully saturated rings. The number of allylic oxidation sites excluding steroid dienone is 7. The number of aliphatic hydroxyl groups excluding tert-OH is 1. The van der Waals surface area contributed by atoms with E-state index in [2.05, 4.69) is 52.0 Å². The van der Waals surface area contributed by atoms with Gasteiger partial charge in [0, 0.05) is 0 Å². The van der Waals surface area contributed by atoms with Gasteiger partial charge >= 0.3 is 0 Å². The lowest BCUT2D eigenvalue weighted by Gasteiger charge is -1.99. The number of aliphatic hydroxyl groups is 1. The lowest BCUT2D eigenvalue weighted by molar-refractivity contribution is 0.341. The third kappa shape index (κ3) is 13.4. The largest absolute Gasteiger partial charge is 0.392 e. The van der Waals surface area contributed by atoms with Gasteiger partial charge in [0.1, 0.15) is 0 Å². The molecule has 0 aromatic heterocycles. The highest BCUT2D eigenvalue weighted by Gasteiger charge is 1.89. The molecule has 20 heavy (non-hydrogen) atoms. The van der Waals surface area contributed by atoms with Crippen LogP contribution in [0.2, 0.25) is 0 Å². The van der Waals surface area contributed by atoms with E-state index in [1.165, 1.54) is 23.1 Å². The van der Waals surface area contributed by atoms with Gasteiger partial charge in [-0.1, -0.05) is 47.1 Å². The molecule has 0 aromatic rings. The van der Waals surface area contributed by atoms with Crippen LogP contribution in [-0.2, 0) is 0 Å². The highest BCUT2D eigenvalue weighted by Crippen LogP contribution is 2.09. The first kappa shape index (κ1) is 18.9. The molecule has 114 valence electrons. The summed E-state index contributed by atoms with van der Waals surface area (Å²) in [5.74, 6) is 0. The smallest absolute Gasteiger partial charge is 0.0614 e. The van der Waals surface area contributed by atoms with Crippen LogP contribution in [0.4, 0.5) is 0 Å². The summed E-state index contributed by atoms with van der Waals surface area (Å²) in [6.07, 6.45) is 17.8. The van der Waals surface area contributed by atoms with Crippen molar-refractivity contribution in [3.05, 3.63) is 47.1 Å². The Hall–Kier alpha value is -1.08. The molecular weight excluding hydrogens is 244 g/mol. The highest BCUT2D eigenvalue weighted by atomic mass is 16.2. The van der Waals surface area contributed by atoms with Crippen LogP contribution in [0.3, 0.4) is 0 Å². The van der Waals surface area contributed by atoms with Gasteiger partial charge in [-0.2, -0.15) is 0 Å². The molecule has 0 atom stereocenters. The highest BCUT2D eigenvalue weighted by molar-refractivity contribution is 5.03. The molecule has 0 bridgehead atoms. The maximum Gasteiger partial charge on any atom is 0.0614 e. The van der Waals surface area contributed by atoms with Crippen LogP contribution in [0.1, 0.15) is 66.2 Å².